The normalized spacial score (nSPS) is 18.3. The van der Waals surface area contributed by atoms with Gasteiger partial charge in [-0.25, -0.2) is 4.79 Å². The molecule has 6 heteroatoms. The average molecular weight is 354 g/mol. The number of urea groups is 1. The molecule has 1 aliphatic rings. The lowest BCUT2D eigenvalue weighted by Gasteiger charge is -2.32. The fourth-order valence-electron chi connectivity index (χ4n) is 3.42. The van der Waals surface area contributed by atoms with Gasteiger partial charge in [-0.05, 0) is 55.1 Å². The highest BCUT2D eigenvalue weighted by atomic mass is 32.1. The molecule has 1 atom stereocenters. The van der Waals surface area contributed by atoms with E-state index in [-0.39, 0.29) is 12.1 Å². The molecule has 0 aliphatic carbocycles. The van der Waals surface area contributed by atoms with Crippen LogP contribution in [0.25, 0.3) is 10.9 Å². The second kappa shape index (κ2) is 7.29. The van der Waals surface area contributed by atoms with Crippen molar-refractivity contribution in [3.63, 3.8) is 0 Å². The number of thiophene rings is 1. The molecule has 1 aliphatic heterocycles. The summed E-state index contributed by atoms with van der Waals surface area (Å²) in [4.78, 5) is 19.3. The summed E-state index contributed by atoms with van der Waals surface area (Å²) in [6, 6.07) is 12.2. The van der Waals surface area contributed by atoms with Crippen molar-refractivity contribution in [2.75, 3.05) is 18.4 Å². The first-order chi connectivity index (χ1) is 12.3. The molecule has 0 bridgehead atoms. The van der Waals surface area contributed by atoms with E-state index in [1.54, 1.807) is 11.3 Å². The second-order valence-electron chi connectivity index (χ2n) is 6.53. The number of hydrogen-bond acceptors (Lipinski definition) is 3. The third kappa shape index (κ3) is 4.03. The number of aromatic amines is 1. The first-order valence-electron chi connectivity index (χ1n) is 8.66. The van der Waals surface area contributed by atoms with Gasteiger partial charge < -0.3 is 15.6 Å². The number of hydrogen-bond donors (Lipinski definition) is 3. The van der Waals surface area contributed by atoms with Gasteiger partial charge in [-0.3, -0.25) is 4.90 Å². The Morgan fingerprint density at radius 1 is 1.32 bits per heavy atom. The molecule has 0 saturated carbocycles. The Bertz CT molecular complexity index is 842. The van der Waals surface area contributed by atoms with Gasteiger partial charge in [0, 0.05) is 46.8 Å². The van der Waals surface area contributed by atoms with Crippen molar-refractivity contribution in [1.82, 2.24) is 15.2 Å². The summed E-state index contributed by atoms with van der Waals surface area (Å²) < 4.78 is 0. The maximum absolute atomic E-state index is 12.3. The Balaban J connectivity index is 1.32. The minimum Gasteiger partial charge on any atom is -0.361 e. The highest BCUT2D eigenvalue weighted by Gasteiger charge is 2.21. The van der Waals surface area contributed by atoms with Gasteiger partial charge in [0.05, 0.1) is 0 Å². The van der Waals surface area contributed by atoms with Crippen LogP contribution in [0.3, 0.4) is 0 Å². The van der Waals surface area contributed by atoms with E-state index >= 15 is 0 Å². The standard InChI is InChI=1S/C19H22N4OS/c24-19(21-15-5-6-18-14(11-15)7-8-20-18)22-16-3-1-9-23(12-16)13-17-4-2-10-25-17/h2,4-8,10-11,16,20H,1,3,9,12-13H2,(H2,21,22,24)/t16-/m0/s1. The van der Waals surface area contributed by atoms with Crippen molar-refractivity contribution in [2.24, 2.45) is 0 Å². The first kappa shape index (κ1) is 16.2. The van der Waals surface area contributed by atoms with E-state index in [0.717, 1.165) is 49.1 Å². The third-order valence-corrected chi connectivity index (χ3v) is 5.47. The first-order valence-corrected chi connectivity index (χ1v) is 9.54. The van der Waals surface area contributed by atoms with Crippen molar-refractivity contribution >= 4 is 34.0 Å². The molecule has 5 nitrogen and oxygen atoms in total. The second-order valence-corrected chi connectivity index (χ2v) is 7.56. The van der Waals surface area contributed by atoms with Crippen LogP contribution in [-0.4, -0.2) is 35.0 Å². The number of aromatic nitrogens is 1. The molecule has 2 amide bonds. The highest BCUT2D eigenvalue weighted by Crippen LogP contribution is 2.19. The Hall–Kier alpha value is -2.31. The molecule has 2 aromatic heterocycles. The van der Waals surface area contributed by atoms with Crippen LogP contribution in [0.5, 0.6) is 0 Å². The number of nitrogens with zero attached hydrogens (tertiary/aromatic N) is 1. The predicted octanol–water partition coefficient (Wildman–Crippen LogP) is 4.02. The van der Waals surface area contributed by atoms with Crippen LogP contribution in [0.1, 0.15) is 17.7 Å². The van der Waals surface area contributed by atoms with Crippen LogP contribution in [0.4, 0.5) is 10.5 Å². The summed E-state index contributed by atoms with van der Waals surface area (Å²) >= 11 is 1.79. The molecule has 0 spiro atoms. The molecule has 1 saturated heterocycles. The van der Waals surface area contributed by atoms with Crippen molar-refractivity contribution in [1.29, 1.82) is 0 Å². The molecule has 3 N–H and O–H groups in total. The van der Waals surface area contributed by atoms with E-state index in [1.807, 2.05) is 30.5 Å². The Morgan fingerprint density at radius 3 is 3.16 bits per heavy atom. The lowest BCUT2D eigenvalue weighted by molar-refractivity contribution is 0.184. The van der Waals surface area contributed by atoms with Gasteiger partial charge in [0.1, 0.15) is 0 Å². The minimum atomic E-state index is -0.127. The third-order valence-electron chi connectivity index (χ3n) is 4.61. The molecule has 3 heterocycles. The number of likely N-dealkylation sites (tertiary alicyclic amines) is 1. The van der Waals surface area contributed by atoms with E-state index in [4.69, 9.17) is 0 Å². The predicted molar refractivity (Wildman–Crippen MR) is 103 cm³/mol. The fraction of sp³-hybridized carbons (Fsp3) is 0.316. The SMILES string of the molecule is O=C(Nc1ccc2[nH]ccc2c1)N[C@H]1CCCN(Cc2cccs2)C1. The zero-order valence-electron chi connectivity index (χ0n) is 14.0. The number of H-pyrrole nitrogens is 1. The molecule has 3 aromatic rings. The molecule has 130 valence electrons. The largest absolute Gasteiger partial charge is 0.361 e. The molecule has 1 aromatic carbocycles. The van der Waals surface area contributed by atoms with Crippen LogP contribution in [0, 0.1) is 0 Å². The number of anilines is 1. The van der Waals surface area contributed by atoms with E-state index in [9.17, 15) is 4.79 Å². The summed E-state index contributed by atoms with van der Waals surface area (Å²) in [6.07, 6.45) is 4.05. The van der Waals surface area contributed by atoms with Crippen LogP contribution in [0.2, 0.25) is 0 Å². The highest BCUT2D eigenvalue weighted by molar-refractivity contribution is 7.09. The molecular formula is C19H22N4OS. The van der Waals surface area contributed by atoms with E-state index in [1.165, 1.54) is 4.88 Å². The lowest BCUT2D eigenvalue weighted by atomic mass is 10.1. The van der Waals surface area contributed by atoms with E-state index < -0.39 is 0 Å². The van der Waals surface area contributed by atoms with Gasteiger partial charge in [0.15, 0.2) is 0 Å². The van der Waals surface area contributed by atoms with Gasteiger partial charge >= 0.3 is 6.03 Å². The number of nitrogens with one attached hydrogen (secondary N) is 3. The van der Waals surface area contributed by atoms with Gasteiger partial charge in [-0.15, -0.1) is 11.3 Å². The van der Waals surface area contributed by atoms with Crippen molar-refractivity contribution in [3.05, 3.63) is 52.9 Å². The average Bonchev–Trinajstić information content (AvgIpc) is 3.26. The summed E-state index contributed by atoms with van der Waals surface area (Å²) in [5, 5.41) is 9.28. The van der Waals surface area contributed by atoms with Crippen LogP contribution < -0.4 is 10.6 Å². The number of fused-ring (bicyclic) bond motifs is 1. The zero-order chi connectivity index (χ0) is 17.1. The van der Waals surface area contributed by atoms with Gasteiger partial charge in [-0.1, -0.05) is 6.07 Å². The molecule has 0 unspecified atom stereocenters. The van der Waals surface area contributed by atoms with Crippen molar-refractivity contribution in [2.45, 2.75) is 25.4 Å². The number of carbonyl (C=O) groups excluding carboxylic acids is 1. The topological polar surface area (TPSA) is 60.2 Å². The lowest BCUT2D eigenvalue weighted by Crippen LogP contribution is -2.48. The Labute approximate surface area is 151 Å². The summed E-state index contributed by atoms with van der Waals surface area (Å²) in [6.45, 7) is 2.98. The number of carbonyl (C=O) groups is 1. The molecule has 4 rings (SSSR count). The smallest absolute Gasteiger partial charge is 0.319 e. The van der Waals surface area contributed by atoms with E-state index in [0.29, 0.717) is 0 Å². The van der Waals surface area contributed by atoms with Crippen molar-refractivity contribution in [3.8, 4) is 0 Å². The number of benzene rings is 1. The molecule has 0 radical (unpaired) electrons. The van der Waals surface area contributed by atoms with Crippen LogP contribution in [0.15, 0.2) is 48.0 Å². The van der Waals surface area contributed by atoms with Crippen LogP contribution >= 0.6 is 11.3 Å². The van der Waals surface area contributed by atoms with Gasteiger partial charge in [-0.2, -0.15) is 0 Å². The number of amides is 2. The zero-order valence-corrected chi connectivity index (χ0v) is 14.8. The Kier molecular flexibility index (Phi) is 4.72. The number of piperidine rings is 1. The minimum absolute atomic E-state index is 0.127. The maximum Gasteiger partial charge on any atom is 0.319 e. The Morgan fingerprint density at radius 2 is 2.28 bits per heavy atom. The van der Waals surface area contributed by atoms with Crippen molar-refractivity contribution < 1.29 is 4.79 Å². The summed E-state index contributed by atoms with van der Waals surface area (Å²) in [5.41, 5.74) is 1.89. The molecule has 25 heavy (non-hydrogen) atoms. The molecule has 1 fully saturated rings. The summed E-state index contributed by atoms with van der Waals surface area (Å²) in [5.74, 6) is 0. The van der Waals surface area contributed by atoms with Gasteiger partial charge in [0.25, 0.3) is 0 Å². The quantitative estimate of drug-likeness (QED) is 0.663. The van der Waals surface area contributed by atoms with Gasteiger partial charge in [0.2, 0.25) is 0 Å². The number of rotatable bonds is 4. The molecular weight excluding hydrogens is 332 g/mol. The maximum atomic E-state index is 12.3. The fourth-order valence-corrected chi connectivity index (χ4v) is 4.17. The monoisotopic (exact) mass is 354 g/mol. The van der Waals surface area contributed by atoms with Crippen LogP contribution in [-0.2, 0) is 6.54 Å². The van der Waals surface area contributed by atoms with E-state index in [2.05, 4.69) is 38.0 Å². The summed E-state index contributed by atoms with van der Waals surface area (Å²) in [7, 11) is 0.